The molecule has 2 N–H and O–H groups in total. The second kappa shape index (κ2) is 12.6. The minimum atomic E-state index is -4.82. The van der Waals surface area contributed by atoms with E-state index in [9.17, 15) is 22.8 Å². The van der Waals surface area contributed by atoms with Gasteiger partial charge in [0, 0.05) is 39.0 Å². The maximum absolute atomic E-state index is 14.4. The summed E-state index contributed by atoms with van der Waals surface area (Å²) >= 11 is 13.5. The Kier molecular flexibility index (Phi) is 8.93. The monoisotopic (exact) mass is 677 g/mol. The van der Waals surface area contributed by atoms with Gasteiger partial charge in [-0.25, -0.2) is 0 Å². The van der Waals surface area contributed by atoms with E-state index in [4.69, 9.17) is 28.0 Å². The van der Waals surface area contributed by atoms with Crippen molar-refractivity contribution in [3.63, 3.8) is 0 Å². The number of alkyl halides is 3. The molecule has 1 fully saturated rings. The van der Waals surface area contributed by atoms with Crippen molar-refractivity contribution in [2.45, 2.75) is 76.5 Å². The Bertz CT molecular complexity index is 1660. The van der Waals surface area contributed by atoms with Crippen LogP contribution in [0.2, 0.25) is 10.0 Å². The molecule has 0 radical (unpaired) electrons. The molecular formula is C33H32Cl2F3N3O3S. The first kappa shape index (κ1) is 31.9. The predicted octanol–water partition coefficient (Wildman–Crippen LogP) is 9.00. The highest BCUT2D eigenvalue weighted by Gasteiger charge is 2.62. The second-order valence-corrected chi connectivity index (χ2v) is 14.0. The van der Waals surface area contributed by atoms with Crippen LogP contribution in [-0.2, 0) is 23.3 Å². The van der Waals surface area contributed by atoms with Crippen LogP contribution in [0.15, 0.2) is 41.6 Å². The Morgan fingerprint density at radius 1 is 1.02 bits per heavy atom. The van der Waals surface area contributed by atoms with Gasteiger partial charge < -0.3 is 15.5 Å². The van der Waals surface area contributed by atoms with Crippen LogP contribution >= 0.6 is 34.5 Å². The smallest absolute Gasteiger partial charge is 0.374 e. The number of halogens is 5. The van der Waals surface area contributed by atoms with Crippen LogP contribution in [0.3, 0.4) is 0 Å². The number of oxime groups is 1. The number of anilines is 1. The molecule has 2 heterocycles. The Labute approximate surface area is 273 Å². The SMILES string of the molecule is Cc1cc(C2=NOC(c3cc(Cl)cc(Cl)c3)(C(F)(F)F)C2)ccc1C(=O)Nc1sc2c(c1C(=O)NCC1CCCC1)CCCC2. The zero-order chi connectivity index (χ0) is 31.9. The summed E-state index contributed by atoms with van der Waals surface area (Å²) in [7, 11) is 0. The number of carbonyl (C=O) groups excluding carboxylic acids is 2. The topological polar surface area (TPSA) is 79.8 Å². The van der Waals surface area contributed by atoms with Gasteiger partial charge in [-0.1, -0.05) is 47.3 Å². The molecule has 238 valence electrons. The fraction of sp³-hybridized carbons (Fsp3) is 0.424. The summed E-state index contributed by atoms with van der Waals surface area (Å²) in [6.07, 6.45) is 2.90. The lowest BCUT2D eigenvalue weighted by Gasteiger charge is -2.29. The minimum Gasteiger partial charge on any atom is -0.374 e. The lowest BCUT2D eigenvalue weighted by molar-refractivity contribution is -0.275. The number of nitrogens with zero attached hydrogens (tertiary/aromatic N) is 1. The van der Waals surface area contributed by atoms with Crippen LogP contribution < -0.4 is 10.6 Å². The molecule has 6 nitrogen and oxygen atoms in total. The highest BCUT2D eigenvalue weighted by molar-refractivity contribution is 7.17. The first-order chi connectivity index (χ1) is 21.4. The van der Waals surface area contributed by atoms with Crippen molar-refractivity contribution in [1.82, 2.24) is 5.32 Å². The molecule has 6 rings (SSSR count). The van der Waals surface area contributed by atoms with E-state index in [1.54, 1.807) is 25.1 Å². The van der Waals surface area contributed by atoms with E-state index in [1.807, 2.05) is 0 Å². The van der Waals surface area contributed by atoms with E-state index in [0.717, 1.165) is 49.0 Å². The standard InChI is InChI=1S/C33H32Cl2F3N3O3S/c1-18-12-20(26-16-32(44-41-26,33(36,37)38)21-13-22(34)15-23(35)14-21)10-11-24(18)29(42)40-31-28(25-8-4-5-9-27(25)45-31)30(43)39-17-19-6-2-3-7-19/h10-15,19H,2-9,16-17H2,1H3,(H,39,43)(H,40,42). The fourth-order valence-corrected chi connectivity index (χ4v) is 8.36. The van der Waals surface area contributed by atoms with E-state index < -0.39 is 24.1 Å². The molecule has 1 unspecified atom stereocenters. The van der Waals surface area contributed by atoms with Crippen LogP contribution in [0.4, 0.5) is 18.2 Å². The molecule has 2 aromatic carbocycles. The summed E-state index contributed by atoms with van der Waals surface area (Å²) in [5.74, 6) is -0.0653. The van der Waals surface area contributed by atoms with Crippen molar-refractivity contribution in [2.75, 3.05) is 11.9 Å². The summed E-state index contributed by atoms with van der Waals surface area (Å²) in [5.41, 5.74) is -0.0906. The molecule has 2 aliphatic carbocycles. The maximum atomic E-state index is 14.4. The first-order valence-electron chi connectivity index (χ1n) is 15.1. The molecular weight excluding hydrogens is 646 g/mol. The number of benzene rings is 2. The number of carbonyl (C=O) groups is 2. The normalized spacial score (nSPS) is 20.0. The molecule has 0 saturated heterocycles. The Balaban J connectivity index is 1.22. The van der Waals surface area contributed by atoms with Crippen molar-refractivity contribution in [2.24, 2.45) is 11.1 Å². The largest absolute Gasteiger partial charge is 0.435 e. The van der Waals surface area contributed by atoms with Gasteiger partial charge in [0.25, 0.3) is 17.4 Å². The van der Waals surface area contributed by atoms with Gasteiger partial charge in [-0.2, -0.15) is 13.2 Å². The molecule has 2 amide bonds. The van der Waals surface area contributed by atoms with E-state index >= 15 is 0 Å². The van der Waals surface area contributed by atoms with E-state index in [0.29, 0.717) is 39.7 Å². The third-order valence-electron chi connectivity index (χ3n) is 8.97. The van der Waals surface area contributed by atoms with Crippen LogP contribution in [0.1, 0.15) is 92.8 Å². The van der Waals surface area contributed by atoms with Crippen LogP contribution in [0, 0.1) is 12.8 Å². The summed E-state index contributed by atoms with van der Waals surface area (Å²) in [6, 6.07) is 8.41. The molecule has 0 bridgehead atoms. The van der Waals surface area contributed by atoms with Crippen molar-refractivity contribution in [1.29, 1.82) is 0 Å². The summed E-state index contributed by atoms with van der Waals surface area (Å²) in [4.78, 5) is 33.2. The van der Waals surface area contributed by atoms with Gasteiger partial charge in [-0.3, -0.25) is 9.59 Å². The molecule has 1 aromatic heterocycles. The Hall–Kier alpha value is -3.08. The quantitative estimate of drug-likeness (QED) is 0.262. The van der Waals surface area contributed by atoms with Crippen LogP contribution in [-0.4, -0.2) is 30.2 Å². The number of rotatable bonds is 7. The Morgan fingerprint density at radius 2 is 1.73 bits per heavy atom. The number of fused-ring (bicyclic) bond motifs is 1. The molecule has 0 spiro atoms. The van der Waals surface area contributed by atoms with Gasteiger partial charge >= 0.3 is 6.18 Å². The fourth-order valence-electron chi connectivity index (χ4n) is 6.55. The molecule has 3 aromatic rings. The minimum absolute atomic E-state index is 0.0467. The average molecular weight is 679 g/mol. The second-order valence-electron chi connectivity index (χ2n) is 12.0. The molecule has 3 aliphatic rings. The zero-order valence-corrected chi connectivity index (χ0v) is 26.9. The third-order valence-corrected chi connectivity index (χ3v) is 10.6. The number of thiophene rings is 1. The number of nitrogens with one attached hydrogen (secondary N) is 2. The molecule has 1 aliphatic heterocycles. The predicted molar refractivity (Wildman–Crippen MR) is 171 cm³/mol. The third kappa shape index (κ3) is 6.33. The summed E-state index contributed by atoms with van der Waals surface area (Å²) in [5, 5.41) is 10.5. The van der Waals surface area contributed by atoms with E-state index in [2.05, 4.69) is 15.8 Å². The van der Waals surface area contributed by atoms with Gasteiger partial charge in [0.05, 0.1) is 11.3 Å². The van der Waals surface area contributed by atoms with Gasteiger partial charge in [0.15, 0.2) is 0 Å². The van der Waals surface area contributed by atoms with Crippen molar-refractivity contribution in [3.8, 4) is 0 Å². The van der Waals surface area contributed by atoms with Crippen LogP contribution in [0.5, 0.6) is 0 Å². The van der Waals surface area contributed by atoms with Crippen molar-refractivity contribution < 1.29 is 27.6 Å². The van der Waals surface area contributed by atoms with Crippen molar-refractivity contribution in [3.05, 3.63) is 84.7 Å². The molecule has 1 atom stereocenters. The van der Waals surface area contributed by atoms with Crippen LogP contribution in [0.25, 0.3) is 0 Å². The lowest BCUT2D eigenvalue weighted by atomic mass is 9.86. The molecule has 45 heavy (non-hydrogen) atoms. The van der Waals surface area contributed by atoms with Crippen molar-refractivity contribution >= 4 is 57.1 Å². The summed E-state index contributed by atoms with van der Waals surface area (Å²) < 4.78 is 43.3. The van der Waals surface area contributed by atoms with E-state index in [1.165, 1.54) is 42.4 Å². The van der Waals surface area contributed by atoms with Gasteiger partial charge in [-0.05, 0) is 98.4 Å². The highest BCUT2D eigenvalue weighted by Crippen LogP contribution is 2.50. The van der Waals surface area contributed by atoms with Gasteiger partial charge in [-0.15, -0.1) is 11.3 Å². The summed E-state index contributed by atoms with van der Waals surface area (Å²) in [6.45, 7) is 2.34. The molecule has 12 heteroatoms. The maximum Gasteiger partial charge on any atom is 0.435 e. The number of amides is 2. The average Bonchev–Trinajstić information content (AvgIpc) is 3.74. The van der Waals surface area contributed by atoms with Gasteiger partial charge in [0.2, 0.25) is 0 Å². The highest BCUT2D eigenvalue weighted by atomic mass is 35.5. The molecule has 1 saturated carbocycles. The number of hydrogen-bond acceptors (Lipinski definition) is 5. The van der Waals surface area contributed by atoms with Gasteiger partial charge in [0.1, 0.15) is 5.00 Å². The zero-order valence-electron chi connectivity index (χ0n) is 24.6. The first-order valence-corrected chi connectivity index (χ1v) is 16.7. The number of aryl methyl sites for hydroxylation is 2. The lowest BCUT2D eigenvalue weighted by Crippen LogP contribution is -2.42. The Morgan fingerprint density at radius 3 is 2.42 bits per heavy atom. The number of hydrogen-bond donors (Lipinski definition) is 2. The van der Waals surface area contributed by atoms with E-state index in [-0.39, 0.29) is 27.2 Å².